The summed E-state index contributed by atoms with van der Waals surface area (Å²) in [6.07, 6.45) is 2.36. The van der Waals surface area contributed by atoms with Crippen molar-refractivity contribution in [3.63, 3.8) is 0 Å². The first-order chi connectivity index (χ1) is 11.5. The summed E-state index contributed by atoms with van der Waals surface area (Å²) in [6, 6.07) is 3.88. The third-order valence-corrected chi connectivity index (χ3v) is 5.13. The summed E-state index contributed by atoms with van der Waals surface area (Å²) in [5, 5.41) is 14.4. The predicted octanol–water partition coefficient (Wildman–Crippen LogP) is 4.32. The molecule has 0 aliphatic carbocycles. The molecule has 0 spiro atoms. The molecule has 1 aliphatic heterocycles. The van der Waals surface area contributed by atoms with Gasteiger partial charge in [-0.25, -0.2) is 9.18 Å². The number of anilines is 3. The zero-order valence-electron chi connectivity index (χ0n) is 13.1. The Balaban J connectivity index is 1.60. The minimum absolute atomic E-state index is 0.102. The van der Waals surface area contributed by atoms with Crippen LogP contribution in [0.3, 0.4) is 0 Å². The zero-order valence-corrected chi connectivity index (χ0v) is 15.5. The molecule has 128 valence electrons. The van der Waals surface area contributed by atoms with Crippen molar-refractivity contribution in [3.8, 4) is 0 Å². The molecule has 0 radical (unpaired) electrons. The average molecular weight is 414 g/mol. The van der Waals surface area contributed by atoms with E-state index in [0.29, 0.717) is 15.5 Å². The number of nitrogens with one attached hydrogen (secondary N) is 2. The van der Waals surface area contributed by atoms with Gasteiger partial charge in [0.1, 0.15) is 5.82 Å². The topological polar surface area (TPSA) is 70.2 Å². The zero-order chi connectivity index (χ0) is 17.1. The van der Waals surface area contributed by atoms with Crippen molar-refractivity contribution in [2.24, 2.45) is 5.92 Å². The van der Waals surface area contributed by atoms with Gasteiger partial charge in [0, 0.05) is 17.6 Å². The number of urea groups is 1. The van der Waals surface area contributed by atoms with Crippen LogP contribution in [0.5, 0.6) is 0 Å². The van der Waals surface area contributed by atoms with Crippen molar-refractivity contribution in [2.45, 2.75) is 19.8 Å². The predicted molar refractivity (Wildman–Crippen MR) is 97.3 cm³/mol. The lowest BCUT2D eigenvalue weighted by atomic mass is 10.0. The third kappa shape index (κ3) is 4.21. The van der Waals surface area contributed by atoms with Crippen molar-refractivity contribution < 1.29 is 9.18 Å². The van der Waals surface area contributed by atoms with Gasteiger partial charge in [-0.1, -0.05) is 34.2 Å². The van der Waals surface area contributed by atoms with Gasteiger partial charge in [-0.05, 0) is 37.0 Å². The molecule has 9 heteroatoms. The Bertz CT molecular complexity index is 740. The lowest BCUT2D eigenvalue weighted by Gasteiger charge is -2.29. The van der Waals surface area contributed by atoms with E-state index < -0.39 is 11.8 Å². The molecule has 24 heavy (non-hydrogen) atoms. The van der Waals surface area contributed by atoms with Crippen LogP contribution in [0.2, 0.25) is 0 Å². The molecule has 1 saturated heterocycles. The fourth-order valence-corrected chi connectivity index (χ4v) is 3.71. The quantitative estimate of drug-likeness (QED) is 0.785. The molecule has 0 bridgehead atoms. The van der Waals surface area contributed by atoms with E-state index in [1.54, 1.807) is 6.07 Å². The number of aromatic nitrogens is 2. The summed E-state index contributed by atoms with van der Waals surface area (Å²) in [6.45, 7) is 4.12. The van der Waals surface area contributed by atoms with Gasteiger partial charge in [0.05, 0.1) is 5.69 Å². The fraction of sp³-hybridized carbons (Fsp3) is 0.400. The van der Waals surface area contributed by atoms with Gasteiger partial charge in [0.25, 0.3) is 0 Å². The maximum Gasteiger partial charge on any atom is 0.325 e. The molecule has 2 amide bonds. The second-order valence-electron chi connectivity index (χ2n) is 5.79. The highest BCUT2D eigenvalue weighted by molar-refractivity contribution is 9.10. The molecule has 1 fully saturated rings. The van der Waals surface area contributed by atoms with Crippen molar-refractivity contribution >= 4 is 49.2 Å². The molecule has 1 atom stereocenters. The van der Waals surface area contributed by atoms with E-state index in [-0.39, 0.29) is 5.69 Å². The summed E-state index contributed by atoms with van der Waals surface area (Å²) in [4.78, 5) is 14.2. The second-order valence-corrected chi connectivity index (χ2v) is 7.66. The molecule has 2 N–H and O–H groups in total. The molecular formula is C15H17BrFN5OS. The number of hydrogen-bond acceptors (Lipinski definition) is 5. The minimum atomic E-state index is -0.550. The number of hydrogen-bond donors (Lipinski definition) is 2. The van der Waals surface area contributed by atoms with E-state index in [1.165, 1.54) is 29.9 Å². The lowest BCUT2D eigenvalue weighted by Crippen LogP contribution is -2.34. The Morgan fingerprint density at radius 3 is 3.00 bits per heavy atom. The van der Waals surface area contributed by atoms with E-state index in [1.807, 2.05) is 0 Å². The number of piperidine rings is 1. The fourth-order valence-electron chi connectivity index (χ4n) is 2.60. The van der Waals surface area contributed by atoms with Crippen molar-refractivity contribution in [2.75, 3.05) is 28.6 Å². The molecular weight excluding hydrogens is 397 g/mol. The van der Waals surface area contributed by atoms with Gasteiger partial charge in [0.15, 0.2) is 0 Å². The van der Waals surface area contributed by atoms with Crippen LogP contribution in [0.25, 0.3) is 0 Å². The summed E-state index contributed by atoms with van der Waals surface area (Å²) < 4.78 is 14.3. The number of amides is 2. The number of carbonyl (C=O) groups is 1. The summed E-state index contributed by atoms with van der Waals surface area (Å²) >= 11 is 4.49. The Labute approximate surface area is 151 Å². The molecule has 0 saturated carbocycles. The number of nitrogens with zero attached hydrogens (tertiary/aromatic N) is 3. The van der Waals surface area contributed by atoms with Crippen LogP contribution in [0.15, 0.2) is 22.7 Å². The summed E-state index contributed by atoms with van der Waals surface area (Å²) in [5.41, 5.74) is 0.102. The van der Waals surface area contributed by atoms with Crippen LogP contribution in [0.4, 0.5) is 25.1 Å². The number of halogens is 2. The Morgan fingerprint density at radius 1 is 1.42 bits per heavy atom. The van der Waals surface area contributed by atoms with Crippen LogP contribution in [0, 0.1) is 11.7 Å². The Morgan fingerprint density at radius 2 is 2.25 bits per heavy atom. The summed E-state index contributed by atoms with van der Waals surface area (Å²) in [7, 11) is 0. The van der Waals surface area contributed by atoms with E-state index in [2.05, 4.69) is 48.6 Å². The van der Waals surface area contributed by atoms with E-state index in [4.69, 9.17) is 0 Å². The SMILES string of the molecule is C[C@H]1CCCN(c2nnc(NC(=O)Nc3ccc(Br)cc3F)s2)C1. The number of rotatable bonds is 3. The highest BCUT2D eigenvalue weighted by atomic mass is 79.9. The van der Waals surface area contributed by atoms with Crippen LogP contribution in [-0.2, 0) is 0 Å². The molecule has 1 aromatic heterocycles. The average Bonchev–Trinajstić information content (AvgIpc) is 2.98. The highest BCUT2D eigenvalue weighted by Gasteiger charge is 2.20. The minimum Gasteiger partial charge on any atom is -0.346 e. The van der Waals surface area contributed by atoms with E-state index in [0.717, 1.165) is 24.6 Å². The molecule has 2 aromatic rings. The molecule has 1 aromatic carbocycles. The van der Waals surface area contributed by atoms with Crippen LogP contribution in [0.1, 0.15) is 19.8 Å². The van der Waals surface area contributed by atoms with Crippen molar-refractivity contribution in [3.05, 3.63) is 28.5 Å². The van der Waals surface area contributed by atoms with Crippen LogP contribution < -0.4 is 15.5 Å². The van der Waals surface area contributed by atoms with Gasteiger partial charge in [-0.2, -0.15) is 0 Å². The summed E-state index contributed by atoms with van der Waals surface area (Å²) in [5.74, 6) is 0.113. The normalized spacial score (nSPS) is 17.6. The number of benzene rings is 1. The Hall–Kier alpha value is -1.74. The van der Waals surface area contributed by atoms with Crippen LogP contribution in [-0.4, -0.2) is 29.3 Å². The lowest BCUT2D eigenvalue weighted by molar-refractivity contribution is 0.262. The standard InChI is InChI=1S/C15H17BrFN5OS/c1-9-3-2-6-22(8-9)15-21-20-14(24-15)19-13(23)18-12-5-4-10(16)7-11(12)17/h4-5,7,9H,2-3,6,8H2,1H3,(H2,18,19,20,23)/t9-/m0/s1. The second kappa shape index (κ2) is 7.43. The van der Waals surface area contributed by atoms with E-state index in [9.17, 15) is 9.18 Å². The highest BCUT2D eigenvalue weighted by Crippen LogP contribution is 2.28. The molecule has 3 rings (SSSR count). The molecule has 0 unspecified atom stereocenters. The first kappa shape index (κ1) is 17.1. The first-order valence-electron chi connectivity index (χ1n) is 7.63. The number of carbonyl (C=O) groups excluding carboxylic acids is 1. The van der Waals surface area contributed by atoms with Gasteiger partial charge in [-0.3, -0.25) is 5.32 Å². The Kier molecular flexibility index (Phi) is 5.30. The van der Waals surface area contributed by atoms with Crippen molar-refractivity contribution in [1.82, 2.24) is 10.2 Å². The maximum atomic E-state index is 13.7. The molecule has 2 heterocycles. The first-order valence-corrected chi connectivity index (χ1v) is 9.23. The van der Waals surface area contributed by atoms with Crippen LogP contribution >= 0.6 is 27.3 Å². The van der Waals surface area contributed by atoms with Gasteiger partial charge < -0.3 is 10.2 Å². The van der Waals surface area contributed by atoms with Gasteiger partial charge in [-0.15, -0.1) is 10.2 Å². The van der Waals surface area contributed by atoms with Crippen molar-refractivity contribution in [1.29, 1.82) is 0 Å². The smallest absolute Gasteiger partial charge is 0.325 e. The maximum absolute atomic E-state index is 13.7. The van der Waals surface area contributed by atoms with E-state index >= 15 is 0 Å². The third-order valence-electron chi connectivity index (χ3n) is 3.74. The molecule has 6 nitrogen and oxygen atoms in total. The largest absolute Gasteiger partial charge is 0.346 e. The van der Waals surface area contributed by atoms with Gasteiger partial charge >= 0.3 is 6.03 Å². The molecule has 1 aliphatic rings. The van der Waals surface area contributed by atoms with Gasteiger partial charge in [0.2, 0.25) is 10.3 Å². The monoisotopic (exact) mass is 413 g/mol.